The molecule has 0 amide bonds. The molecule has 2 saturated heterocycles. The molecule has 2 aliphatic heterocycles. The highest BCUT2D eigenvalue weighted by molar-refractivity contribution is 9.10. The summed E-state index contributed by atoms with van der Waals surface area (Å²) in [6.45, 7) is 3.22. The summed E-state index contributed by atoms with van der Waals surface area (Å²) in [7, 11) is -2.79. The lowest BCUT2D eigenvalue weighted by Crippen LogP contribution is -2.50. The van der Waals surface area contributed by atoms with Gasteiger partial charge in [0.05, 0.1) is 16.0 Å². The van der Waals surface area contributed by atoms with Gasteiger partial charge < -0.3 is 4.90 Å². The smallest absolute Gasteiger partial charge is 0.225 e. The van der Waals surface area contributed by atoms with Crippen molar-refractivity contribution in [2.75, 3.05) is 42.6 Å². The molecule has 0 N–H and O–H groups in total. The summed E-state index contributed by atoms with van der Waals surface area (Å²) >= 11 is 3.34. The third kappa shape index (κ3) is 3.73. The Labute approximate surface area is 133 Å². The van der Waals surface area contributed by atoms with E-state index in [1.54, 1.807) is 12.4 Å². The molecule has 0 unspecified atom stereocenters. The van der Waals surface area contributed by atoms with Gasteiger partial charge in [0.2, 0.25) is 5.95 Å². The number of halogens is 1. The highest BCUT2D eigenvalue weighted by Gasteiger charge is 2.30. The van der Waals surface area contributed by atoms with Crippen LogP contribution in [0.25, 0.3) is 0 Å². The van der Waals surface area contributed by atoms with Gasteiger partial charge in [-0.05, 0) is 28.8 Å². The summed E-state index contributed by atoms with van der Waals surface area (Å²) in [5.41, 5.74) is 0. The lowest BCUT2D eigenvalue weighted by molar-refractivity contribution is 0.182. The summed E-state index contributed by atoms with van der Waals surface area (Å²) in [6.07, 6.45) is 5.62. The summed E-state index contributed by atoms with van der Waals surface area (Å²) in [6, 6.07) is 0.493. The Kier molecular flexibility index (Phi) is 4.46. The van der Waals surface area contributed by atoms with Crippen molar-refractivity contribution in [3.63, 3.8) is 0 Å². The largest absolute Gasteiger partial charge is 0.341 e. The molecule has 2 fully saturated rings. The minimum atomic E-state index is -2.79. The van der Waals surface area contributed by atoms with E-state index in [4.69, 9.17) is 0 Å². The first kappa shape index (κ1) is 15.2. The van der Waals surface area contributed by atoms with Crippen molar-refractivity contribution < 1.29 is 8.42 Å². The average Bonchev–Trinajstić information content (AvgIpc) is 2.48. The number of sulfone groups is 1. The zero-order chi connectivity index (χ0) is 14.9. The van der Waals surface area contributed by atoms with E-state index in [0.29, 0.717) is 30.6 Å². The van der Waals surface area contributed by atoms with E-state index in [9.17, 15) is 8.42 Å². The van der Waals surface area contributed by atoms with E-state index in [1.807, 2.05) is 0 Å². The van der Waals surface area contributed by atoms with Crippen molar-refractivity contribution in [3.05, 3.63) is 16.9 Å². The Bertz CT molecular complexity index is 571. The third-order valence-corrected chi connectivity index (χ3v) is 6.27. The monoisotopic (exact) mass is 374 g/mol. The standard InChI is InChI=1S/C13H19BrN4O2S/c14-11-9-15-13(16-10-11)18-3-1-12(2-4-18)17-5-7-21(19,20)8-6-17/h9-10,12H,1-8H2. The molecule has 6 nitrogen and oxygen atoms in total. The Hall–Kier alpha value is -0.730. The summed E-state index contributed by atoms with van der Waals surface area (Å²) in [5, 5.41) is 0. The number of piperidine rings is 1. The number of hydrogen-bond donors (Lipinski definition) is 0. The van der Waals surface area contributed by atoms with E-state index in [1.165, 1.54) is 0 Å². The molecule has 1 aromatic rings. The number of aromatic nitrogens is 2. The Morgan fingerprint density at radius 1 is 1.05 bits per heavy atom. The first-order chi connectivity index (χ1) is 10.0. The van der Waals surface area contributed by atoms with Gasteiger partial charge >= 0.3 is 0 Å². The highest BCUT2D eigenvalue weighted by Crippen LogP contribution is 2.21. The van der Waals surface area contributed by atoms with E-state index >= 15 is 0 Å². The zero-order valence-electron chi connectivity index (χ0n) is 11.8. The zero-order valence-corrected chi connectivity index (χ0v) is 14.2. The predicted octanol–water partition coefficient (Wildman–Crippen LogP) is 0.938. The van der Waals surface area contributed by atoms with Crippen molar-refractivity contribution in [2.24, 2.45) is 0 Å². The minimum absolute atomic E-state index is 0.309. The van der Waals surface area contributed by atoms with Crippen LogP contribution in [0.5, 0.6) is 0 Å². The molecule has 0 radical (unpaired) electrons. The molecule has 0 aliphatic carbocycles. The van der Waals surface area contributed by atoms with Gasteiger partial charge in [-0.3, -0.25) is 4.90 Å². The lowest BCUT2D eigenvalue weighted by atomic mass is 10.0. The van der Waals surface area contributed by atoms with Crippen LogP contribution in [-0.4, -0.2) is 67.0 Å². The number of nitrogens with zero attached hydrogens (tertiary/aromatic N) is 4. The number of anilines is 1. The minimum Gasteiger partial charge on any atom is -0.341 e. The quantitative estimate of drug-likeness (QED) is 0.767. The van der Waals surface area contributed by atoms with Crippen LogP contribution >= 0.6 is 15.9 Å². The molecule has 8 heteroatoms. The Balaban J connectivity index is 1.54. The molecule has 0 atom stereocenters. The van der Waals surface area contributed by atoms with Crippen LogP contribution in [0, 0.1) is 0 Å². The SMILES string of the molecule is O=S1(=O)CCN(C2CCN(c3ncc(Br)cn3)CC2)CC1. The van der Waals surface area contributed by atoms with Crippen LogP contribution in [0.1, 0.15) is 12.8 Å². The van der Waals surface area contributed by atoms with Crippen molar-refractivity contribution in [2.45, 2.75) is 18.9 Å². The Morgan fingerprint density at radius 3 is 2.19 bits per heavy atom. The fraction of sp³-hybridized carbons (Fsp3) is 0.692. The lowest BCUT2D eigenvalue weighted by Gasteiger charge is -2.40. The molecule has 3 rings (SSSR count). The summed E-state index contributed by atoms with van der Waals surface area (Å²) < 4.78 is 23.9. The van der Waals surface area contributed by atoms with Crippen LogP contribution in [-0.2, 0) is 9.84 Å². The molecule has 0 saturated carbocycles. The fourth-order valence-corrected chi connectivity index (χ4v) is 4.43. The molecule has 1 aromatic heterocycles. The number of rotatable bonds is 2. The van der Waals surface area contributed by atoms with Gasteiger partial charge in [-0.1, -0.05) is 0 Å². The van der Waals surface area contributed by atoms with Crippen molar-refractivity contribution in [1.82, 2.24) is 14.9 Å². The second-order valence-electron chi connectivity index (χ2n) is 5.61. The molecule has 2 aliphatic rings. The third-order valence-electron chi connectivity index (χ3n) is 4.25. The van der Waals surface area contributed by atoms with Gasteiger partial charge in [-0.15, -0.1) is 0 Å². The second kappa shape index (κ2) is 6.18. The first-order valence-electron chi connectivity index (χ1n) is 7.20. The Morgan fingerprint density at radius 2 is 1.62 bits per heavy atom. The van der Waals surface area contributed by atoms with Gasteiger partial charge in [0, 0.05) is 44.6 Å². The van der Waals surface area contributed by atoms with Gasteiger partial charge in [0.15, 0.2) is 9.84 Å². The van der Waals surface area contributed by atoms with Gasteiger partial charge in [0.25, 0.3) is 0 Å². The second-order valence-corrected chi connectivity index (χ2v) is 8.83. The maximum absolute atomic E-state index is 11.5. The molecule has 21 heavy (non-hydrogen) atoms. The fourth-order valence-electron chi connectivity index (χ4n) is 2.99. The van der Waals surface area contributed by atoms with Gasteiger partial charge in [0.1, 0.15) is 0 Å². The highest BCUT2D eigenvalue weighted by atomic mass is 79.9. The normalized spacial score (nSPS) is 24.1. The van der Waals surface area contributed by atoms with Crippen LogP contribution in [0.15, 0.2) is 16.9 Å². The predicted molar refractivity (Wildman–Crippen MR) is 85.2 cm³/mol. The maximum atomic E-state index is 11.5. The molecule has 0 bridgehead atoms. The molecule has 3 heterocycles. The van der Waals surface area contributed by atoms with Crippen LogP contribution in [0.4, 0.5) is 5.95 Å². The van der Waals surface area contributed by atoms with E-state index in [0.717, 1.165) is 36.4 Å². The maximum Gasteiger partial charge on any atom is 0.225 e. The topological polar surface area (TPSA) is 66.4 Å². The molecule has 116 valence electrons. The molecular weight excluding hydrogens is 356 g/mol. The average molecular weight is 375 g/mol. The van der Waals surface area contributed by atoms with E-state index in [2.05, 4.69) is 35.7 Å². The van der Waals surface area contributed by atoms with Crippen molar-refractivity contribution in [3.8, 4) is 0 Å². The summed E-state index contributed by atoms with van der Waals surface area (Å²) in [4.78, 5) is 13.2. The number of hydrogen-bond acceptors (Lipinski definition) is 6. The van der Waals surface area contributed by atoms with E-state index < -0.39 is 9.84 Å². The van der Waals surface area contributed by atoms with Gasteiger partial charge in [-0.2, -0.15) is 0 Å². The molecule has 0 aromatic carbocycles. The van der Waals surface area contributed by atoms with Crippen LogP contribution < -0.4 is 4.90 Å². The van der Waals surface area contributed by atoms with Crippen molar-refractivity contribution >= 4 is 31.7 Å². The molecular formula is C13H19BrN4O2S. The van der Waals surface area contributed by atoms with E-state index in [-0.39, 0.29) is 0 Å². The first-order valence-corrected chi connectivity index (χ1v) is 9.82. The van der Waals surface area contributed by atoms with Crippen molar-refractivity contribution in [1.29, 1.82) is 0 Å². The summed E-state index contributed by atoms with van der Waals surface area (Å²) in [5.74, 6) is 1.39. The van der Waals surface area contributed by atoms with Crippen LogP contribution in [0.2, 0.25) is 0 Å². The van der Waals surface area contributed by atoms with Gasteiger partial charge in [-0.25, -0.2) is 18.4 Å². The van der Waals surface area contributed by atoms with Crippen LogP contribution in [0.3, 0.4) is 0 Å². The molecule has 0 spiro atoms.